The third-order valence-electron chi connectivity index (χ3n) is 4.96. The van der Waals surface area contributed by atoms with Gasteiger partial charge >= 0.3 is 0 Å². The normalized spacial score (nSPS) is 13.7. The number of carbonyl (C=O) groups is 1. The number of benzene rings is 2. The predicted molar refractivity (Wildman–Crippen MR) is 102 cm³/mol. The van der Waals surface area contributed by atoms with Crippen molar-refractivity contribution in [2.45, 2.75) is 39.2 Å². The number of fused-ring (bicyclic) bond motifs is 1. The van der Waals surface area contributed by atoms with Gasteiger partial charge in [-0.1, -0.05) is 24.6 Å². The largest absolute Gasteiger partial charge is 0.322 e. The first-order chi connectivity index (χ1) is 13.1. The number of hydrogen-bond donors (Lipinski definition) is 1. The standard InChI is InChI=1S/C21H21FN4O/c1-14-7-4-5-8-16(14)21(27)23-15-10-11-18(22)17(13-15)20-25-24-19-9-3-2-6-12-26(19)20/h4-5,7-8,10-11,13H,2-3,6,9,12H2,1H3,(H,23,27). The Morgan fingerprint density at radius 3 is 2.81 bits per heavy atom. The van der Waals surface area contributed by atoms with E-state index in [-0.39, 0.29) is 11.7 Å². The average Bonchev–Trinajstić information content (AvgIpc) is 2.91. The molecule has 0 spiro atoms. The van der Waals surface area contributed by atoms with Crippen molar-refractivity contribution in [3.05, 3.63) is 65.2 Å². The van der Waals surface area contributed by atoms with Crippen molar-refractivity contribution in [1.82, 2.24) is 14.8 Å². The maximum atomic E-state index is 14.5. The first-order valence-electron chi connectivity index (χ1n) is 9.22. The summed E-state index contributed by atoms with van der Waals surface area (Å²) in [6, 6.07) is 11.9. The number of nitrogens with one attached hydrogen (secondary N) is 1. The van der Waals surface area contributed by atoms with Crippen LogP contribution in [0.3, 0.4) is 0 Å². The van der Waals surface area contributed by atoms with Crippen LogP contribution in [0.2, 0.25) is 0 Å². The van der Waals surface area contributed by atoms with Gasteiger partial charge in [-0.2, -0.15) is 0 Å². The van der Waals surface area contributed by atoms with Crippen LogP contribution in [-0.4, -0.2) is 20.7 Å². The van der Waals surface area contributed by atoms with Crippen LogP contribution in [0.1, 0.15) is 41.0 Å². The zero-order valence-electron chi connectivity index (χ0n) is 15.2. The Labute approximate surface area is 157 Å². The van der Waals surface area contributed by atoms with Crippen molar-refractivity contribution >= 4 is 11.6 Å². The Morgan fingerprint density at radius 1 is 1.11 bits per heavy atom. The lowest BCUT2D eigenvalue weighted by molar-refractivity contribution is 0.102. The van der Waals surface area contributed by atoms with Crippen LogP contribution in [0.5, 0.6) is 0 Å². The summed E-state index contributed by atoms with van der Waals surface area (Å²) >= 11 is 0. The van der Waals surface area contributed by atoms with E-state index in [1.54, 1.807) is 18.2 Å². The molecule has 0 saturated heterocycles. The summed E-state index contributed by atoms with van der Waals surface area (Å²) in [6.07, 6.45) is 4.10. The van der Waals surface area contributed by atoms with Gasteiger partial charge in [-0.15, -0.1) is 10.2 Å². The molecule has 0 saturated carbocycles. The molecule has 1 N–H and O–H groups in total. The first-order valence-corrected chi connectivity index (χ1v) is 9.22. The average molecular weight is 364 g/mol. The first kappa shape index (κ1) is 17.4. The minimum absolute atomic E-state index is 0.217. The van der Waals surface area contributed by atoms with Crippen molar-refractivity contribution in [1.29, 1.82) is 0 Å². The van der Waals surface area contributed by atoms with Gasteiger partial charge in [0.05, 0.1) is 5.56 Å². The van der Waals surface area contributed by atoms with E-state index in [2.05, 4.69) is 15.5 Å². The molecule has 138 valence electrons. The third-order valence-corrected chi connectivity index (χ3v) is 4.96. The third kappa shape index (κ3) is 3.47. The van der Waals surface area contributed by atoms with E-state index < -0.39 is 0 Å². The number of nitrogens with zero attached hydrogens (tertiary/aromatic N) is 3. The number of anilines is 1. The Hall–Kier alpha value is -3.02. The molecular formula is C21H21FN4O. The van der Waals surface area contributed by atoms with Gasteiger partial charge in [0.15, 0.2) is 5.82 Å². The lowest BCUT2D eigenvalue weighted by atomic mass is 10.1. The fourth-order valence-corrected chi connectivity index (χ4v) is 3.48. The van der Waals surface area contributed by atoms with Crippen LogP contribution in [0.25, 0.3) is 11.4 Å². The highest BCUT2D eigenvalue weighted by Crippen LogP contribution is 2.27. The molecule has 0 aliphatic carbocycles. The highest BCUT2D eigenvalue weighted by Gasteiger charge is 2.19. The number of carbonyl (C=O) groups excluding carboxylic acids is 1. The van der Waals surface area contributed by atoms with Crippen LogP contribution in [-0.2, 0) is 13.0 Å². The van der Waals surface area contributed by atoms with Gasteiger partial charge in [-0.3, -0.25) is 4.79 Å². The molecule has 1 amide bonds. The summed E-state index contributed by atoms with van der Waals surface area (Å²) in [4.78, 5) is 12.6. The quantitative estimate of drug-likeness (QED) is 0.751. The number of aromatic nitrogens is 3. The van der Waals surface area contributed by atoms with Gasteiger partial charge in [0.2, 0.25) is 0 Å². The van der Waals surface area contributed by atoms with Crippen molar-refractivity contribution in [3.63, 3.8) is 0 Å². The molecule has 0 bridgehead atoms. The predicted octanol–water partition coefficient (Wildman–Crippen LogP) is 4.37. The fraction of sp³-hybridized carbons (Fsp3) is 0.286. The molecule has 2 heterocycles. The molecule has 1 aliphatic heterocycles. The topological polar surface area (TPSA) is 59.8 Å². The zero-order valence-corrected chi connectivity index (χ0v) is 15.2. The Bertz CT molecular complexity index is 996. The maximum Gasteiger partial charge on any atom is 0.255 e. The number of hydrogen-bond acceptors (Lipinski definition) is 3. The van der Waals surface area contributed by atoms with Crippen LogP contribution in [0.4, 0.5) is 10.1 Å². The molecule has 27 heavy (non-hydrogen) atoms. The second kappa shape index (κ2) is 7.31. The molecule has 3 aromatic rings. The van der Waals surface area contributed by atoms with E-state index >= 15 is 0 Å². The van der Waals surface area contributed by atoms with E-state index in [4.69, 9.17) is 0 Å². The van der Waals surface area contributed by atoms with Crippen LogP contribution in [0, 0.1) is 12.7 Å². The fourth-order valence-electron chi connectivity index (χ4n) is 3.48. The number of halogens is 1. The highest BCUT2D eigenvalue weighted by molar-refractivity contribution is 6.05. The van der Waals surface area contributed by atoms with Crippen molar-refractivity contribution in [2.24, 2.45) is 0 Å². The van der Waals surface area contributed by atoms with E-state index in [0.717, 1.165) is 43.6 Å². The second-order valence-corrected chi connectivity index (χ2v) is 6.87. The smallest absolute Gasteiger partial charge is 0.255 e. The Morgan fingerprint density at radius 2 is 1.96 bits per heavy atom. The highest BCUT2D eigenvalue weighted by atomic mass is 19.1. The van der Waals surface area contributed by atoms with Gasteiger partial charge in [0.25, 0.3) is 5.91 Å². The summed E-state index contributed by atoms with van der Waals surface area (Å²) in [5, 5.41) is 11.3. The molecule has 0 fully saturated rings. The molecular weight excluding hydrogens is 343 g/mol. The second-order valence-electron chi connectivity index (χ2n) is 6.87. The Balaban J connectivity index is 1.66. The van der Waals surface area contributed by atoms with Gasteiger partial charge in [0.1, 0.15) is 11.6 Å². The van der Waals surface area contributed by atoms with Crippen molar-refractivity contribution < 1.29 is 9.18 Å². The number of aryl methyl sites for hydroxylation is 2. The van der Waals surface area contributed by atoms with Crippen molar-refractivity contribution in [2.75, 3.05) is 5.32 Å². The van der Waals surface area contributed by atoms with Crippen LogP contribution in [0.15, 0.2) is 42.5 Å². The summed E-state index contributed by atoms with van der Waals surface area (Å²) in [5.41, 5.74) is 2.38. The van der Waals surface area contributed by atoms with E-state index in [1.807, 2.05) is 29.7 Å². The summed E-state index contributed by atoms with van der Waals surface area (Å²) in [7, 11) is 0. The molecule has 1 aromatic heterocycles. The molecule has 6 heteroatoms. The zero-order chi connectivity index (χ0) is 18.8. The van der Waals surface area contributed by atoms with Crippen LogP contribution >= 0.6 is 0 Å². The van der Waals surface area contributed by atoms with E-state index in [9.17, 15) is 9.18 Å². The monoisotopic (exact) mass is 364 g/mol. The molecule has 2 aromatic carbocycles. The summed E-state index contributed by atoms with van der Waals surface area (Å²) < 4.78 is 16.5. The van der Waals surface area contributed by atoms with Gasteiger partial charge in [-0.25, -0.2) is 4.39 Å². The van der Waals surface area contributed by atoms with Crippen molar-refractivity contribution in [3.8, 4) is 11.4 Å². The van der Waals surface area contributed by atoms with Gasteiger partial charge in [-0.05, 0) is 49.6 Å². The SMILES string of the molecule is Cc1ccccc1C(=O)Nc1ccc(F)c(-c2nnc3n2CCCCC3)c1. The molecule has 0 unspecified atom stereocenters. The maximum absolute atomic E-state index is 14.5. The van der Waals surface area contributed by atoms with Crippen LogP contribution < -0.4 is 5.32 Å². The number of rotatable bonds is 3. The van der Waals surface area contributed by atoms with E-state index in [0.29, 0.717) is 22.6 Å². The minimum Gasteiger partial charge on any atom is -0.322 e. The van der Waals surface area contributed by atoms with Gasteiger partial charge in [0, 0.05) is 24.2 Å². The Kier molecular flexibility index (Phi) is 4.71. The molecule has 0 atom stereocenters. The molecule has 0 radical (unpaired) electrons. The summed E-state index contributed by atoms with van der Waals surface area (Å²) in [6.45, 7) is 2.67. The lowest BCUT2D eigenvalue weighted by Crippen LogP contribution is -2.13. The summed E-state index contributed by atoms with van der Waals surface area (Å²) in [5.74, 6) is 0.835. The molecule has 1 aliphatic rings. The molecule has 5 nitrogen and oxygen atoms in total. The number of amides is 1. The lowest BCUT2D eigenvalue weighted by Gasteiger charge is -2.11. The molecule has 4 rings (SSSR count). The van der Waals surface area contributed by atoms with Gasteiger partial charge < -0.3 is 9.88 Å². The minimum atomic E-state index is -0.372. The van der Waals surface area contributed by atoms with E-state index in [1.165, 1.54) is 6.07 Å².